The van der Waals surface area contributed by atoms with Gasteiger partial charge in [-0.15, -0.1) is 0 Å². The molecule has 1 heterocycles. The zero-order valence-corrected chi connectivity index (χ0v) is 12.5. The van der Waals surface area contributed by atoms with E-state index < -0.39 is 0 Å². The smallest absolute Gasteiger partial charge is 0.241 e. The van der Waals surface area contributed by atoms with Crippen LogP contribution in [-0.2, 0) is 9.59 Å². The molecule has 1 fully saturated rings. The Labute approximate surface area is 124 Å². The van der Waals surface area contributed by atoms with E-state index in [9.17, 15) is 9.59 Å². The number of carbonyl (C=O) groups is 2. The number of benzene rings is 1. The standard InChI is InChI=1S/C15H22N4O2/c1-11(18-6-8-19(9-7-18)12(2)20)15(21)17-14-5-3-4-13(16)10-14/h3-5,10-11H,6-9,16H2,1-2H3,(H,17,21). The normalized spacial score (nSPS) is 17.3. The molecule has 0 aliphatic carbocycles. The van der Waals surface area contributed by atoms with Crippen molar-refractivity contribution in [3.63, 3.8) is 0 Å². The number of anilines is 2. The molecular weight excluding hydrogens is 268 g/mol. The molecule has 1 aliphatic rings. The molecule has 1 aromatic rings. The fraction of sp³-hybridized carbons (Fsp3) is 0.467. The largest absolute Gasteiger partial charge is 0.399 e. The molecule has 6 nitrogen and oxygen atoms in total. The lowest BCUT2D eigenvalue weighted by Gasteiger charge is -2.37. The van der Waals surface area contributed by atoms with Gasteiger partial charge in [-0.1, -0.05) is 6.07 Å². The van der Waals surface area contributed by atoms with Gasteiger partial charge >= 0.3 is 0 Å². The fourth-order valence-corrected chi connectivity index (χ4v) is 2.45. The first-order chi connectivity index (χ1) is 9.97. The van der Waals surface area contributed by atoms with Crippen molar-refractivity contribution in [2.45, 2.75) is 19.9 Å². The maximum Gasteiger partial charge on any atom is 0.241 e. The Morgan fingerprint density at radius 3 is 2.48 bits per heavy atom. The number of nitrogens with one attached hydrogen (secondary N) is 1. The van der Waals surface area contributed by atoms with Gasteiger partial charge in [0.25, 0.3) is 0 Å². The van der Waals surface area contributed by atoms with Crippen LogP contribution in [0.3, 0.4) is 0 Å². The van der Waals surface area contributed by atoms with Crippen LogP contribution >= 0.6 is 0 Å². The van der Waals surface area contributed by atoms with Crippen molar-refractivity contribution in [3.05, 3.63) is 24.3 Å². The molecule has 6 heteroatoms. The minimum atomic E-state index is -0.236. The van der Waals surface area contributed by atoms with E-state index in [0.29, 0.717) is 37.6 Å². The van der Waals surface area contributed by atoms with Gasteiger partial charge in [0.1, 0.15) is 0 Å². The molecule has 2 amide bonds. The summed E-state index contributed by atoms with van der Waals surface area (Å²) in [6.07, 6.45) is 0. The molecular formula is C15H22N4O2. The number of rotatable bonds is 3. The molecule has 0 aromatic heterocycles. The number of amides is 2. The van der Waals surface area contributed by atoms with E-state index in [0.717, 1.165) is 0 Å². The van der Waals surface area contributed by atoms with E-state index in [2.05, 4.69) is 10.2 Å². The fourth-order valence-electron chi connectivity index (χ4n) is 2.45. The molecule has 1 atom stereocenters. The van der Waals surface area contributed by atoms with Crippen LogP contribution in [0.2, 0.25) is 0 Å². The maximum atomic E-state index is 12.3. The Balaban J connectivity index is 1.90. The predicted molar refractivity (Wildman–Crippen MR) is 82.8 cm³/mol. The van der Waals surface area contributed by atoms with Gasteiger partial charge in [-0.25, -0.2) is 0 Å². The molecule has 1 aliphatic heterocycles. The van der Waals surface area contributed by atoms with Gasteiger partial charge in [0, 0.05) is 44.5 Å². The summed E-state index contributed by atoms with van der Waals surface area (Å²) in [6, 6.07) is 6.90. The number of nitrogens with zero attached hydrogens (tertiary/aromatic N) is 2. The summed E-state index contributed by atoms with van der Waals surface area (Å²) < 4.78 is 0. The van der Waals surface area contributed by atoms with Gasteiger partial charge in [0.05, 0.1) is 6.04 Å². The lowest BCUT2D eigenvalue weighted by Crippen LogP contribution is -2.53. The van der Waals surface area contributed by atoms with Gasteiger partial charge in [0.15, 0.2) is 0 Å². The Bertz CT molecular complexity index is 524. The highest BCUT2D eigenvalue weighted by Gasteiger charge is 2.26. The Morgan fingerprint density at radius 2 is 1.90 bits per heavy atom. The second kappa shape index (κ2) is 6.58. The van der Waals surface area contributed by atoms with E-state index in [4.69, 9.17) is 5.73 Å². The van der Waals surface area contributed by atoms with Crippen LogP contribution in [-0.4, -0.2) is 53.8 Å². The summed E-state index contributed by atoms with van der Waals surface area (Å²) in [6.45, 7) is 6.23. The molecule has 1 unspecified atom stereocenters. The second-order valence-electron chi connectivity index (χ2n) is 5.33. The molecule has 0 saturated carbocycles. The molecule has 0 spiro atoms. The second-order valence-corrected chi connectivity index (χ2v) is 5.33. The topological polar surface area (TPSA) is 78.7 Å². The van der Waals surface area contributed by atoms with Crippen LogP contribution in [0.4, 0.5) is 11.4 Å². The van der Waals surface area contributed by atoms with Crippen LogP contribution in [0.5, 0.6) is 0 Å². The minimum absolute atomic E-state index is 0.0584. The molecule has 3 N–H and O–H groups in total. The Morgan fingerprint density at radius 1 is 1.24 bits per heavy atom. The minimum Gasteiger partial charge on any atom is -0.399 e. The zero-order valence-electron chi connectivity index (χ0n) is 12.5. The third kappa shape index (κ3) is 3.95. The van der Waals surface area contributed by atoms with Gasteiger partial charge in [0.2, 0.25) is 11.8 Å². The van der Waals surface area contributed by atoms with Crippen LogP contribution in [0.25, 0.3) is 0 Å². The number of nitrogen functional groups attached to an aromatic ring is 1. The number of nitrogens with two attached hydrogens (primary N) is 1. The predicted octanol–water partition coefficient (Wildman–Crippen LogP) is 0.760. The first kappa shape index (κ1) is 15.3. The molecule has 1 saturated heterocycles. The quantitative estimate of drug-likeness (QED) is 0.806. The van der Waals surface area contributed by atoms with E-state index in [1.165, 1.54) is 0 Å². The Kier molecular flexibility index (Phi) is 4.80. The molecule has 0 bridgehead atoms. The average Bonchev–Trinajstić information content (AvgIpc) is 2.46. The first-order valence-corrected chi connectivity index (χ1v) is 7.13. The van der Waals surface area contributed by atoms with Crippen LogP contribution in [0.1, 0.15) is 13.8 Å². The zero-order chi connectivity index (χ0) is 15.4. The number of piperazine rings is 1. The highest BCUT2D eigenvalue weighted by Crippen LogP contribution is 2.14. The van der Waals surface area contributed by atoms with Crippen molar-refractivity contribution in [1.82, 2.24) is 9.80 Å². The third-order valence-corrected chi connectivity index (χ3v) is 3.84. The van der Waals surface area contributed by atoms with E-state index in [1.807, 2.05) is 13.0 Å². The van der Waals surface area contributed by atoms with Crippen LogP contribution in [0.15, 0.2) is 24.3 Å². The van der Waals surface area contributed by atoms with E-state index in [-0.39, 0.29) is 17.9 Å². The van der Waals surface area contributed by atoms with Crippen molar-refractivity contribution < 1.29 is 9.59 Å². The van der Waals surface area contributed by atoms with Gasteiger partial charge < -0.3 is 16.0 Å². The molecule has 114 valence electrons. The number of carbonyl (C=O) groups excluding carboxylic acids is 2. The lowest BCUT2D eigenvalue weighted by molar-refractivity contribution is -0.131. The summed E-state index contributed by atoms with van der Waals surface area (Å²) in [5, 5.41) is 2.87. The third-order valence-electron chi connectivity index (χ3n) is 3.84. The van der Waals surface area contributed by atoms with Crippen molar-refractivity contribution in [2.75, 3.05) is 37.2 Å². The molecule has 1 aromatic carbocycles. The van der Waals surface area contributed by atoms with Gasteiger partial charge in [-0.2, -0.15) is 0 Å². The summed E-state index contributed by atoms with van der Waals surface area (Å²) >= 11 is 0. The summed E-state index contributed by atoms with van der Waals surface area (Å²) in [5.41, 5.74) is 7.02. The van der Waals surface area contributed by atoms with Crippen molar-refractivity contribution in [1.29, 1.82) is 0 Å². The number of hydrogen-bond acceptors (Lipinski definition) is 4. The number of hydrogen-bond donors (Lipinski definition) is 2. The maximum absolute atomic E-state index is 12.3. The van der Waals surface area contributed by atoms with Crippen molar-refractivity contribution >= 4 is 23.2 Å². The molecule has 2 rings (SSSR count). The van der Waals surface area contributed by atoms with Crippen molar-refractivity contribution in [3.8, 4) is 0 Å². The summed E-state index contributed by atoms with van der Waals surface area (Å²) in [5.74, 6) is 0.0309. The molecule has 0 radical (unpaired) electrons. The van der Waals surface area contributed by atoms with Crippen LogP contribution < -0.4 is 11.1 Å². The van der Waals surface area contributed by atoms with Gasteiger partial charge in [-0.05, 0) is 25.1 Å². The first-order valence-electron chi connectivity index (χ1n) is 7.13. The summed E-state index contributed by atoms with van der Waals surface area (Å²) in [7, 11) is 0. The van der Waals surface area contributed by atoms with Gasteiger partial charge in [-0.3, -0.25) is 14.5 Å². The van der Waals surface area contributed by atoms with Crippen molar-refractivity contribution in [2.24, 2.45) is 0 Å². The molecule has 21 heavy (non-hydrogen) atoms. The average molecular weight is 290 g/mol. The Hall–Kier alpha value is -2.08. The summed E-state index contributed by atoms with van der Waals surface area (Å²) in [4.78, 5) is 27.5. The SMILES string of the molecule is CC(=O)N1CCN(C(C)C(=O)Nc2cccc(N)c2)CC1. The monoisotopic (exact) mass is 290 g/mol. The van der Waals surface area contributed by atoms with Crippen LogP contribution in [0, 0.1) is 0 Å². The highest BCUT2D eigenvalue weighted by molar-refractivity contribution is 5.94. The van der Waals surface area contributed by atoms with E-state index >= 15 is 0 Å². The highest BCUT2D eigenvalue weighted by atomic mass is 16.2. The lowest BCUT2D eigenvalue weighted by atomic mass is 10.2. The van der Waals surface area contributed by atoms with E-state index in [1.54, 1.807) is 30.0 Å².